The second-order valence-corrected chi connectivity index (χ2v) is 3.98. The molecular weight excluding hydrogens is 258 g/mol. The molecule has 118 valence electrons. The van der Waals surface area contributed by atoms with Gasteiger partial charge < -0.3 is 9.36 Å². The van der Waals surface area contributed by atoms with Gasteiger partial charge in [-0.3, -0.25) is 0 Å². The maximum atomic E-state index is 8.81. The highest BCUT2D eigenvalue weighted by atomic mass is 16.1. The summed E-state index contributed by atoms with van der Waals surface area (Å²) in [5, 5.41) is 1.35. The van der Waals surface area contributed by atoms with Crippen LogP contribution in [0.1, 0.15) is 46.6 Å². The number of fused-ring (bicyclic) bond motifs is 1. The summed E-state index contributed by atoms with van der Waals surface area (Å²) in [6.07, 6.45) is 5.32. The molecular formula is C19H31NO. The second-order valence-electron chi connectivity index (χ2n) is 3.98. The van der Waals surface area contributed by atoms with Crippen molar-refractivity contribution in [2.45, 2.75) is 54.0 Å². The van der Waals surface area contributed by atoms with Crippen LogP contribution < -0.4 is 0 Å². The fourth-order valence-electron chi connectivity index (χ4n) is 1.95. The quantitative estimate of drug-likeness (QED) is 0.529. The van der Waals surface area contributed by atoms with Gasteiger partial charge in [-0.05, 0) is 43.4 Å². The average Bonchev–Trinajstić information content (AvgIpc) is 2.95. The topological polar surface area (TPSA) is 22.0 Å². The van der Waals surface area contributed by atoms with Gasteiger partial charge in [-0.15, -0.1) is 13.2 Å². The minimum Gasteiger partial charge on any atom is -0.348 e. The maximum absolute atomic E-state index is 8.81. The Morgan fingerprint density at radius 2 is 1.71 bits per heavy atom. The van der Waals surface area contributed by atoms with Crippen LogP contribution in [0.4, 0.5) is 0 Å². The predicted molar refractivity (Wildman–Crippen MR) is 95.9 cm³/mol. The molecule has 0 aliphatic carbocycles. The third-order valence-electron chi connectivity index (χ3n) is 2.72. The fourth-order valence-corrected chi connectivity index (χ4v) is 1.95. The second kappa shape index (κ2) is 14.6. The first kappa shape index (κ1) is 21.5. The van der Waals surface area contributed by atoms with Gasteiger partial charge in [0.15, 0.2) is 0 Å². The Balaban J connectivity index is 0. The van der Waals surface area contributed by atoms with Crippen LogP contribution in [0, 0.1) is 0 Å². The van der Waals surface area contributed by atoms with Gasteiger partial charge in [0.2, 0.25) is 0 Å². The van der Waals surface area contributed by atoms with Crippen LogP contribution in [-0.2, 0) is 17.8 Å². The first-order chi connectivity index (χ1) is 10.3. The predicted octanol–water partition coefficient (Wildman–Crippen LogP) is 5.65. The van der Waals surface area contributed by atoms with Gasteiger partial charge in [0.1, 0.15) is 6.29 Å². The molecule has 0 amide bonds. The van der Waals surface area contributed by atoms with Gasteiger partial charge in [0.25, 0.3) is 0 Å². The van der Waals surface area contributed by atoms with E-state index in [4.69, 9.17) is 4.79 Å². The molecule has 0 radical (unpaired) electrons. The van der Waals surface area contributed by atoms with Gasteiger partial charge >= 0.3 is 0 Å². The molecule has 2 rings (SSSR count). The average molecular weight is 289 g/mol. The number of aryl methyl sites for hydroxylation is 2. The normalized spacial score (nSPS) is 8.43. The number of aromatic nitrogens is 1. The van der Waals surface area contributed by atoms with Crippen molar-refractivity contribution in [3.8, 4) is 0 Å². The summed E-state index contributed by atoms with van der Waals surface area (Å²) >= 11 is 0. The standard InChI is InChI=1S/C13H17N.C2H4O.C2H6.C2H4/c1-3-5-11-6-7-12-8-9-14(4-2)13(12)10-11;1-2-3;2*1-2/h6-10H,3-5H2,1-2H3;2H,1H3;1-2H3;1-2H2. The van der Waals surface area contributed by atoms with E-state index in [2.05, 4.69) is 62.0 Å². The van der Waals surface area contributed by atoms with Crippen LogP contribution in [0.3, 0.4) is 0 Å². The minimum atomic E-state index is 0.750. The highest BCUT2D eigenvalue weighted by Gasteiger charge is 2.00. The molecule has 0 unspecified atom stereocenters. The fraction of sp³-hybridized carbons (Fsp3) is 0.421. The first-order valence-electron chi connectivity index (χ1n) is 7.74. The number of hydrogen-bond acceptors (Lipinski definition) is 1. The Bertz CT molecular complexity index is 485. The van der Waals surface area contributed by atoms with Crippen molar-refractivity contribution >= 4 is 17.2 Å². The molecule has 0 saturated heterocycles. The molecule has 2 nitrogen and oxygen atoms in total. The van der Waals surface area contributed by atoms with E-state index in [0.29, 0.717) is 0 Å². The first-order valence-corrected chi connectivity index (χ1v) is 7.74. The zero-order valence-electron chi connectivity index (χ0n) is 14.4. The van der Waals surface area contributed by atoms with Crippen LogP contribution in [-0.4, -0.2) is 10.9 Å². The third kappa shape index (κ3) is 7.50. The summed E-state index contributed by atoms with van der Waals surface area (Å²) in [7, 11) is 0. The Morgan fingerprint density at radius 3 is 2.19 bits per heavy atom. The number of hydrogen-bond donors (Lipinski definition) is 0. The van der Waals surface area contributed by atoms with Crippen LogP contribution in [0.15, 0.2) is 43.6 Å². The summed E-state index contributed by atoms with van der Waals surface area (Å²) in [6.45, 7) is 16.9. The van der Waals surface area contributed by atoms with E-state index in [0.717, 1.165) is 12.8 Å². The molecule has 1 heterocycles. The number of aldehydes is 1. The number of nitrogens with zero attached hydrogens (tertiary/aromatic N) is 1. The Labute approximate surface area is 130 Å². The Kier molecular flexibility index (Phi) is 14.9. The van der Waals surface area contributed by atoms with E-state index in [1.54, 1.807) is 0 Å². The zero-order valence-corrected chi connectivity index (χ0v) is 14.4. The Hall–Kier alpha value is -1.83. The van der Waals surface area contributed by atoms with Gasteiger partial charge in [-0.2, -0.15) is 0 Å². The lowest BCUT2D eigenvalue weighted by molar-refractivity contribution is -0.106. The van der Waals surface area contributed by atoms with Crippen molar-refractivity contribution in [2.24, 2.45) is 0 Å². The van der Waals surface area contributed by atoms with Crippen molar-refractivity contribution in [3.63, 3.8) is 0 Å². The Morgan fingerprint density at radius 1 is 1.14 bits per heavy atom. The largest absolute Gasteiger partial charge is 0.348 e. The number of carbonyl (C=O) groups is 1. The van der Waals surface area contributed by atoms with Gasteiger partial charge in [-0.1, -0.05) is 39.3 Å². The molecule has 0 saturated carbocycles. The molecule has 0 N–H and O–H groups in total. The number of benzene rings is 1. The lowest BCUT2D eigenvalue weighted by atomic mass is 10.1. The van der Waals surface area contributed by atoms with E-state index in [1.165, 1.54) is 36.2 Å². The molecule has 21 heavy (non-hydrogen) atoms. The van der Waals surface area contributed by atoms with E-state index < -0.39 is 0 Å². The minimum absolute atomic E-state index is 0.750. The molecule has 1 aromatic carbocycles. The highest BCUT2D eigenvalue weighted by Crippen LogP contribution is 2.18. The third-order valence-corrected chi connectivity index (χ3v) is 2.72. The summed E-state index contributed by atoms with van der Waals surface area (Å²) in [5.74, 6) is 0. The van der Waals surface area contributed by atoms with Crippen LogP contribution in [0.2, 0.25) is 0 Å². The van der Waals surface area contributed by atoms with Gasteiger partial charge in [0.05, 0.1) is 0 Å². The van der Waals surface area contributed by atoms with Crippen LogP contribution >= 0.6 is 0 Å². The summed E-state index contributed by atoms with van der Waals surface area (Å²) in [5.41, 5.74) is 2.83. The highest BCUT2D eigenvalue weighted by molar-refractivity contribution is 5.80. The lowest BCUT2D eigenvalue weighted by Gasteiger charge is -2.03. The molecule has 1 aromatic heterocycles. The zero-order chi connectivity index (χ0) is 16.7. The van der Waals surface area contributed by atoms with Crippen molar-refractivity contribution in [1.29, 1.82) is 0 Å². The van der Waals surface area contributed by atoms with Crippen molar-refractivity contribution in [3.05, 3.63) is 49.2 Å². The van der Waals surface area contributed by atoms with Crippen molar-refractivity contribution in [2.75, 3.05) is 0 Å². The van der Waals surface area contributed by atoms with Crippen LogP contribution in [0.25, 0.3) is 10.9 Å². The molecule has 0 aliphatic rings. The molecule has 2 aromatic rings. The number of carbonyl (C=O) groups excluding carboxylic acids is 1. The molecule has 0 spiro atoms. The van der Waals surface area contributed by atoms with Crippen LogP contribution in [0.5, 0.6) is 0 Å². The molecule has 0 aliphatic heterocycles. The SMILES string of the molecule is C=C.CC.CC=O.CCCc1ccc2ccn(CC)c2c1. The monoisotopic (exact) mass is 289 g/mol. The van der Waals surface area contributed by atoms with E-state index in [9.17, 15) is 0 Å². The number of rotatable bonds is 3. The molecule has 0 atom stereocenters. The van der Waals surface area contributed by atoms with Crippen molar-refractivity contribution in [1.82, 2.24) is 4.57 Å². The molecule has 0 fully saturated rings. The van der Waals surface area contributed by atoms with E-state index >= 15 is 0 Å². The molecule has 2 heteroatoms. The lowest BCUT2D eigenvalue weighted by Crippen LogP contribution is -1.91. The summed E-state index contributed by atoms with van der Waals surface area (Å²) in [4.78, 5) is 8.81. The smallest absolute Gasteiger partial charge is 0.116 e. The van der Waals surface area contributed by atoms with Crippen molar-refractivity contribution < 1.29 is 4.79 Å². The maximum Gasteiger partial charge on any atom is 0.116 e. The van der Waals surface area contributed by atoms with E-state index in [-0.39, 0.29) is 0 Å². The van der Waals surface area contributed by atoms with Gasteiger partial charge in [-0.25, -0.2) is 0 Å². The summed E-state index contributed by atoms with van der Waals surface area (Å²) in [6, 6.07) is 8.98. The van der Waals surface area contributed by atoms with Gasteiger partial charge in [0, 0.05) is 18.3 Å². The molecule has 0 bridgehead atoms. The summed E-state index contributed by atoms with van der Waals surface area (Å²) < 4.78 is 2.30. The van der Waals surface area contributed by atoms with E-state index in [1.807, 2.05) is 13.8 Å².